The van der Waals surface area contributed by atoms with Gasteiger partial charge in [-0.3, -0.25) is 4.79 Å². The normalized spacial score (nSPS) is 10.8. The Bertz CT molecular complexity index is 1210. The standard InChI is InChI=1S/C22H20FN5O3/c1-30-18-8-3-2-5-15(18)14-20(29)24-11-12-31-21-10-9-19-25-26-22(28(19)27-21)16-6-4-7-17(23)13-16/h2-10,13H,11-12,14H2,1H3,(H,24,29). The monoisotopic (exact) mass is 421 g/mol. The van der Waals surface area contributed by atoms with Crippen molar-refractivity contribution in [3.05, 3.63) is 72.0 Å². The highest BCUT2D eigenvalue weighted by molar-refractivity contribution is 5.79. The number of hydrogen-bond donors (Lipinski definition) is 1. The largest absolute Gasteiger partial charge is 0.496 e. The van der Waals surface area contributed by atoms with E-state index in [4.69, 9.17) is 9.47 Å². The van der Waals surface area contributed by atoms with Crippen LogP contribution < -0.4 is 14.8 Å². The van der Waals surface area contributed by atoms with Crippen molar-refractivity contribution in [2.24, 2.45) is 0 Å². The molecule has 2 heterocycles. The van der Waals surface area contributed by atoms with Gasteiger partial charge in [0.1, 0.15) is 18.2 Å². The molecule has 0 aliphatic rings. The van der Waals surface area contributed by atoms with Gasteiger partial charge in [-0.15, -0.1) is 15.3 Å². The smallest absolute Gasteiger partial charge is 0.231 e. The van der Waals surface area contributed by atoms with E-state index in [0.29, 0.717) is 35.2 Å². The van der Waals surface area contributed by atoms with Gasteiger partial charge in [-0.1, -0.05) is 30.3 Å². The molecule has 0 radical (unpaired) electrons. The van der Waals surface area contributed by atoms with Gasteiger partial charge in [0.2, 0.25) is 11.8 Å². The minimum absolute atomic E-state index is 0.135. The molecule has 1 N–H and O–H groups in total. The van der Waals surface area contributed by atoms with Crippen LogP contribution in [0.1, 0.15) is 5.56 Å². The summed E-state index contributed by atoms with van der Waals surface area (Å²) in [6.07, 6.45) is 0.214. The number of rotatable bonds is 8. The number of para-hydroxylation sites is 1. The van der Waals surface area contributed by atoms with E-state index in [1.54, 1.807) is 31.4 Å². The Labute approximate surface area is 177 Å². The molecule has 0 spiro atoms. The second-order valence-electron chi connectivity index (χ2n) is 6.66. The predicted octanol–water partition coefficient (Wildman–Crippen LogP) is 2.68. The number of methoxy groups -OCH3 is 1. The molecule has 4 rings (SSSR count). The molecule has 0 aliphatic carbocycles. The highest BCUT2D eigenvalue weighted by Crippen LogP contribution is 2.20. The number of carbonyl (C=O) groups excluding carboxylic acids is 1. The Morgan fingerprint density at radius 2 is 1.97 bits per heavy atom. The van der Waals surface area contributed by atoms with Crippen molar-refractivity contribution in [1.29, 1.82) is 0 Å². The van der Waals surface area contributed by atoms with Crippen LogP contribution in [-0.2, 0) is 11.2 Å². The Morgan fingerprint density at radius 3 is 2.81 bits per heavy atom. The first-order valence-electron chi connectivity index (χ1n) is 9.64. The SMILES string of the molecule is COc1ccccc1CC(=O)NCCOc1ccc2nnc(-c3cccc(F)c3)n2n1. The van der Waals surface area contributed by atoms with Crippen LogP contribution >= 0.6 is 0 Å². The number of amides is 1. The van der Waals surface area contributed by atoms with Crippen molar-refractivity contribution in [2.45, 2.75) is 6.42 Å². The lowest BCUT2D eigenvalue weighted by Gasteiger charge is -2.09. The number of nitrogens with one attached hydrogen (secondary N) is 1. The van der Waals surface area contributed by atoms with Gasteiger partial charge in [-0.25, -0.2) is 4.39 Å². The van der Waals surface area contributed by atoms with Gasteiger partial charge >= 0.3 is 0 Å². The molecule has 9 heteroatoms. The summed E-state index contributed by atoms with van der Waals surface area (Å²) in [4.78, 5) is 12.2. The molecular formula is C22H20FN5O3. The Morgan fingerprint density at radius 1 is 1.10 bits per heavy atom. The summed E-state index contributed by atoms with van der Waals surface area (Å²) >= 11 is 0. The third-order valence-corrected chi connectivity index (χ3v) is 4.54. The van der Waals surface area contributed by atoms with Crippen molar-refractivity contribution < 1.29 is 18.7 Å². The Kier molecular flexibility index (Phi) is 6.02. The molecule has 4 aromatic rings. The van der Waals surface area contributed by atoms with E-state index in [1.807, 2.05) is 24.3 Å². The van der Waals surface area contributed by atoms with Crippen LogP contribution in [0, 0.1) is 5.82 Å². The number of ether oxygens (including phenoxy) is 2. The fourth-order valence-corrected chi connectivity index (χ4v) is 3.09. The van der Waals surface area contributed by atoms with Crippen LogP contribution in [0.2, 0.25) is 0 Å². The summed E-state index contributed by atoms with van der Waals surface area (Å²) in [7, 11) is 1.57. The van der Waals surface area contributed by atoms with E-state index in [-0.39, 0.29) is 24.8 Å². The van der Waals surface area contributed by atoms with Gasteiger partial charge in [0, 0.05) is 17.2 Å². The second kappa shape index (κ2) is 9.21. The third kappa shape index (κ3) is 4.77. The first-order valence-corrected chi connectivity index (χ1v) is 9.64. The fourth-order valence-electron chi connectivity index (χ4n) is 3.09. The van der Waals surface area contributed by atoms with Gasteiger partial charge in [0.25, 0.3) is 0 Å². The van der Waals surface area contributed by atoms with Gasteiger partial charge in [-0.2, -0.15) is 4.52 Å². The van der Waals surface area contributed by atoms with Gasteiger partial charge in [0.05, 0.1) is 20.1 Å². The average Bonchev–Trinajstić information content (AvgIpc) is 3.20. The number of aromatic nitrogens is 4. The van der Waals surface area contributed by atoms with Gasteiger partial charge < -0.3 is 14.8 Å². The summed E-state index contributed by atoms with van der Waals surface area (Å²) in [5.74, 6) is 0.915. The van der Waals surface area contributed by atoms with E-state index in [2.05, 4.69) is 20.6 Å². The maximum absolute atomic E-state index is 13.5. The molecule has 2 aromatic carbocycles. The molecule has 2 aromatic heterocycles. The summed E-state index contributed by atoms with van der Waals surface area (Å²) in [5.41, 5.74) is 1.88. The second-order valence-corrected chi connectivity index (χ2v) is 6.66. The zero-order valence-electron chi connectivity index (χ0n) is 16.8. The van der Waals surface area contributed by atoms with Crippen LogP contribution in [-0.4, -0.2) is 46.0 Å². The number of carbonyl (C=O) groups is 1. The molecule has 31 heavy (non-hydrogen) atoms. The molecule has 0 saturated heterocycles. The third-order valence-electron chi connectivity index (χ3n) is 4.54. The molecule has 0 saturated carbocycles. The quantitative estimate of drug-likeness (QED) is 0.440. The molecule has 0 atom stereocenters. The average molecular weight is 421 g/mol. The first kappa shape index (κ1) is 20.3. The Balaban J connectivity index is 1.35. The topological polar surface area (TPSA) is 90.6 Å². The van der Waals surface area contributed by atoms with Crippen molar-refractivity contribution in [3.63, 3.8) is 0 Å². The zero-order chi connectivity index (χ0) is 21.6. The van der Waals surface area contributed by atoms with Crippen LogP contribution in [0.3, 0.4) is 0 Å². The molecule has 0 unspecified atom stereocenters. The summed E-state index contributed by atoms with van der Waals surface area (Å²) in [5, 5.41) is 15.3. The van der Waals surface area contributed by atoms with Crippen LogP contribution in [0.15, 0.2) is 60.7 Å². The lowest BCUT2D eigenvalue weighted by atomic mass is 10.1. The zero-order valence-corrected chi connectivity index (χ0v) is 16.8. The molecular weight excluding hydrogens is 401 g/mol. The molecule has 0 aliphatic heterocycles. The number of benzene rings is 2. The molecule has 1 amide bonds. The Hall–Kier alpha value is -4.01. The van der Waals surface area contributed by atoms with Crippen molar-refractivity contribution in [2.75, 3.05) is 20.3 Å². The first-order chi connectivity index (χ1) is 15.1. The van der Waals surface area contributed by atoms with Crippen LogP contribution in [0.25, 0.3) is 17.0 Å². The molecule has 0 bridgehead atoms. The lowest BCUT2D eigenvalue weighted by Crippen LogP contribution is -2.29. The predicted molar refractivity (Wildman–Crippen MR) is 111 cm³/mol. The lowest BCUT2D eigenvalue weighted by molar-refractivity contribution is -0.120. The van der Waals surface area contributed by atoms with Gasteiger partial charge in [-0.05, 0) is 24.3 Å². The van der Waals surface area contributed by atoms with E-state index < -0.39 is 0 Å². The number of nitrogens with zero attached hydrogens (tertiary/aromatic N) is 4. The summed E-state index contributed by atoms with van der Waals surface area (Å²) in [6, 6.07) is 16.8. The minimum Gasteiger partial charge on any atom is -0.496 e. The maximum atomic E-state index is 13.5. The van der Waals surface area contributed by atoms with E-state index in [9.17, 15) is 9.18 Å². The van der Waals surface area contributed by atoms with Crippen molar-refractivity contribution in [3.8, 4) is 23.0 Å². The van der Waals surface area contributed by atoms with E-state index in [1.165, 1.54) is 16.6 Å². The maximum Gasteiger partial charge on any atom is 0.231 e. The number of halogens is 1. The van der Waals surface area contributed by atoms with Gasteiger partial charge in [0.15, 0.2) is 11.5 Å². The summed E-state index contributed by atoms with van der Waals surface area (Å²) in [6.45, 7) is 0.542. The fraction of sp³-hybridized carbons (Fsp3) is 0.182. The van der Waals surface area contributed by atoms with Crippen molar-refractivity contribution in [1.82, 2.24) is 25.1 Å². The highest BCUT2D eigenvalue weighted by atomic mass is 19.1. The van der Waals surface area contributed by atoms with Crippen LogP contribution in [0.5, 0.6) is 11.6 Å². The van der Waals surface area contributed by atoms with Crippen LogP contribution in [0.4, 0.5) is 4.39 Å². The minimum atomic E-state index is -0.370. The highest BCUT2D eigenvalue weighted by Gasteiger charge is 2.12. The number of fused-ring (bicyclic) bond motifs is 1. The molecule has 0 fully saturated rings. The number of hydrogen-bond acceptors (Lipinski definition) is 6. The van der Waals surface area contributed by atoms with E-state index in [0.717, 1.165) is 5.56 Å². The molecule has 158 valence electrons. The summed E-state index contributed by atoms with van der Waals surface area (Å²) < 4.78 is 25.9. The van der Waals surface area contributed by atoms with Crippen molar-refractivity contribution >= 4 is 11.6 Å². The molecule has 8 nitrogen and oxygen atoms in total. The van der Waals surface area contributed by atoms with E-state index >= 15 is 0 Å².